The fraction of sp³-hybridized carbons (Fsp3) is 0.364. The molecule has 5 nitrogen and oxygen atoms in total. The summed E-state index contributed by atoms with van der Waals surface area (Å²) >= 11 is 0. The van der Waals surface area contributed by atoms with Gasteiger partial charge in [-0.05, 0) is 17.7 Å². The lowest BCUT2D eigenvalue weighted by Crippen LogP contribution is -2.28. The summed E-state index contributed by atoms with van der Waals surface area (Å²) in [5, 5.41) is 19.1. The maximum atomic E-state index is 11.0. The quantitative estimate of drug-likeness (QED) is 0.720. The molecule has 0 aliphatic carbocycles. The van der Waals surface area contributed by atoms with Crippen molar-refractivity contribution in [1.29, 1.82) is 0 Å². The molecule has 88 valence electrons. The van der Waals surface area contributed by atoms with Gasteiger partial charge in [0.2, 0.25) is 0 Å². The molecule has 0 aliphatic heterocycles. The van der Waals surface area contributed by atoms with Crippen molar-refractivity contribution < 1.29 is 24.5 Å². The van der Waals surface area contributed by atoms with Crippen LogP contribution in [0.3, 0.4) is 0 Å². The Kier molecular flexibility index (Phi) is 4.28. The molecule has 0 amide bonds. The van der Waals surface area contributed by atoms with Crippen LogP contribution < -0.4 is 4.74 Å². The van der Waals surface area contributed by atoms with Gasteiger partial charge in [-0.2, -0.15) is 0 Å². The van der Waals surface area contributed by atoms with Crippen LogP contribution in [0.5, 0.6) is 5.75 Å². The van der Waals surface area contributed by atoms with Crippen molar-refractivity contribution >= 4 is 5.97 Å². The van der Waals surface area contributed by atoms with E-state index < -0.39 is 18.2 Å². The van der Waals surface area contributed by atoms with Crippen LogP contribution in [0.15, 0.2) is 24.3 Å². The van der Waals surface area contributed by atoms with E-state index in [1.54, 1.807) is 24.3 Å². The molecule has 0 aliphatic rings. The summed E-state index contributed by atoms with van der Waals surface area (Å²) in [5.74, 6) is -0.244. The lowest BCUT2D eigenvalue weighted by molar-refractivity contribution is -0.156. The number of aliphatic hydroxyl groups excluding tert-OH is 2. The van der Waals surface area contributed by atoms with Crippen LogP contribution in [0.4, 0.5) is 0 Å². The topological polar surface area (TPSA) is 76.0 Å². The number of hydrogen-bond acceptors (Lipinski definition) is 5. The summed E-state index contributed by atoms with van der Waals surface area (Å²) in [6.07, 6.45) is -2.89. The highest BCUT2D eigenvalue weighted by Gasteiger charge is 2.26. The van der Waals surface area contributed by atoms with Crippen LogP contribution >= 0.6 is 0 Å². The minimum atomic E-state index is -1.58. The van der Waals surface area contributed by atoms with Gasteiger partial charge in [-0.3, -0.25) is 0 Å². The normalized spacial score (nSPS) is 14.0. The average Bonchev–Trinajstić information content (AvgIpc) is 2.36. The van der Waals surface area contributed by atoms with E-state index in [4.69, 9.17) is 4.74 Å². The molecule has 2 N–H and O–H groups in total. The first-order valence-corrected chi connectivity index (χ1v) is 4.68. The van der Waals surface area contributed by atoms with Crippen molar-refractivity contribution in [2.24, 2.45) is 0 Å². The predicted octanol–water partition coefficient (Wildman–Crippen LogP) is 0.263. The minimum absolute atomic E-state index is 0.415. The van der Waals surface area contributed by atoms with Gasteiger partial charge in [0.25, 0.3) is 0 Å². The fourth-order valence-electron chi connectivity index (χ4n) is 1.23. The molecule has 2 atom stereocenters. The maximum absolute atomic E-state index is 11.0. The van der Waals surface area contributed by atoms with Crippen molar-refractivity contribution in [3.63, 3.8) is 0 Å². The standard InChI is InChI=1S/C11H14O5/c1-15-8-5-3-7(4-6-8)9(12)10(13)11(14)16-2/h3-6,9-10,12-13H,1-2H3/t9-,10-/m1/s1. The van der Waals surface area contributed by atoms with Gasteiger partial charge in [0.05, 0.1) is 14.2 Å². The Bertz CT molecular complexity index is 346. The zero-order valence-corrected chi connectivity index (χ0v) is 9.08. The maximum Gasteiger partial charge on any atom is 0.337 e. The first kappa shape index (κ1) is 12.5. The SMILES string of the molecule is COC(=O)[C@H](O)[C@H](O)c1ccc(OC)cc1. The molecule has 0 saturated carbocycles. The number of aliphatic hydroxyl groups is 2. The third-order valence-corrected chi connectivity index (χ3v) is 2.20. The molecule has 0 spiro atoms. The number of carbonyl (C=O) groups is 1. The highest BCUT2D eigenvalue weighted by molar-refractivity contribution is 5.75. The lowest BCUT2D eigenvalue weighted by atomic mass is 10.0. The molecule has 0 fully saturated rings. The Morgan fingerprint density at radius 1 is 1.19 bits per heavy atom. The van der Waals surface area contributed by atoms with Gasteiger partial charge in [0.1, 0.15) is 11.9 Å². The number of esters is 1. The Morgan fingerprint density at radius 2 is 1.75 bits per heavy atom. The van der Waals surface area contributed by atoms with Gasteiger partial charge < -0.3 is 19.7 Å². The van der Waals surface area contributed by atoms with E-state index in [9.17, 15) is 15.0 Å². The number of ether oxygens (including phenoxy) is 2. The average molecular weight is 226 g/mol. The molecule has 1 aromatic carbocycles. The van der Waals surface area contributed by atoms with Crippen LogP contribution in [0, 0.1) is 0 Å². The van der Waals surface area contributed by atoms with E-state index in [1.165, 1.54) is 7.11 Å². The summed E-state index contributed by atoms with van der Waals surface area (Å²) in [6.45, 7) is 0. The molecule has 1 aromatic rings. The minimum Gasteiger partial charge on any atom is -0.497 e. The number of hydrogen-bond donors (Lipinski definition) is 2. The number of benzene rings is 1. The summed E-state index contributed by atoms with van der Waals surface area (Å²) in [6, 6.07) is 6.39. The summed E-state index contributed by atoms with van der Waals surface area (Å²) < 4.78 is 9.27. The van der Waals surface area contributed by atoms with Crippen molar-refractivity contribution in [2.75, 3.05) is 14.2 Å². The van der Waals surface area contributed by atoms with Gasteiger partial charge in [0, 0.05) is 0 Å². The van der Waals surface area contributed by atoms with Crippen molar-refractivity contribution in [3.8, 4) is 5.75 Å². The van der Waals surface area contributed by atoms with Gasteiger partial charge in [-0.25, -0.2) is 4.79 Å². The predicted molar refractivity (Wildman–Crippen MR) is 56.0 cm³/mol. The number of carbonyl (C=O) groups excluding carboxylic acids is 1. The highest BCUT2D eigenvalue weighted by Crippen LogP contribution is 2.20. The van der Waals surface area contributed by atoms with Gasteiger partial charge in [-0.15, -0.1) is 0 Å². The molecular weight excluding hydrogens is 212 g/mol. The Labute approximate surface area is 93.2 Å². The molecule has 0 radical (unpaired) electrons. The molecule has 0 saturated heterocycles. The smallest absolute Gasteiger partial charge is 0.337 e. The van der Waals surface area contributed by atoms with Gasteiger partial charge in [-0.1, -0.05) is 12.1 Å². The van der Waals surface area contributed by atoms with Crippen molar-refractivity contribution in [3.05, 3.63) is 29.8 Å². The molecule has 0 bridgehead atoms. The third-order valence-electron chi connectivity index (χ3n) is 2.20. The Hall–Kier alpha value is -1.59. The van der Waals surface area contributed by atoms with Crippen LogP contribution in [-0.2, 0) is 9.53 Å². The van der Waals surface area contributed by atoms with E-state index >= 15 is 0 Å². The largest absolute Gasteiger partial charge is 0.497 e. The van der Waals surface area contributed by atoms with Crippen LogP contribution in [0.25, 0.3) is 0 Å². The molecule has 0 aromatic heterocycles. The fourth-order valence-corrected chi connectivity index (χ4v) is 1.23. The monoisotopic (exact) mass is 226 g/mol. The van der Waals surface area contributed by atoms with Crippen LogP contribution in [-0.4, -0.2) is 36.5 Å². The van der Waals surface area contributed by atoms with Gasteiger partial charge in [0.15, 0.2) is 6.10 Å². The molecule has 1 rings (SSSR count). The van der Waals surface area contributed by atoms with E-state index in [-0.39, 0.29) is 0 Å². The van der Waals surface area contributed by atoms with E-state index in [2.05, 4.69) is 4.74 Å². The lowest BCUT2D eigenvalue weighted by Gasteiger charge is -2.16. The molecule has 5 heteroatoms. The summed E-state index contributed by atoms with van der Waals surface area (Å²) in [4.78, 5) is 11.0. The molecule has 0 heterocycles. The Balaban J connectivity index is 2.79. The second-order valence-corrected chi connectivity index (χ2v) is 3.19. The zero-order chi connectivity index (χ0) is 12.1. The van der Waals surface area contributed by atoms with Crippen molar-refractivity contribution in [2.45, 2.75) is 12.2 Å². The van der Waals surface area contributed by atoms with E-state index in [0.29, 0.717) is 11.3 Å². The van der Waals surface area contributed by atoms with Crippen LogP contribution in [0.2, 0.25) is 0 Å². The third kappa shape index (κ3) is 2.71. The highest BCUT2D eigenvalue weighted by atomic mass is 16.5. The first-order chi connectivity index (χ1) is 7.60. The van der Waals surface area contributed by atoms with Crippen LogP contribution in [0.1, 0.15) is 11.7 Å². The number of methoxy groups -OCH3 is 2. The van der Waals surface area contributed by atoms with Gasteiger partial charge >= 0.3 is 5.97 Å². The summed E-state index contributed by atoms with van der Waals surface area (Å²) in [7, 11) is 2.67. The second kappa shape index (κ2) is 5.48. The molecule has 16 heavy (non-hydrogen) atoms. The zero-order valence-electron chi connectivity index (χ0n) is 9.08. The van der Waals surface area contributed by atoms with Crippen molar-refractivity contribution in [1.82, 2.24) is 0 Å². The van der Waals surface area contributed by atoms with E-state index in [0.717, 1.165) is 7.11 Å². The summed E-state index contributed by atoms with van der Waals surface area (Å²) in [5.41, 5.74) is 0.415. The molecular formula is C11H14O5. The second-order valence-electron chi connectivity index (χ2n) is 3.19. The first-order valence-electron chi connectivity index (χ1n) is 4.68. The Morgan fingerprint density at radius 3 is 2.19 bits per heavy atom. The number of rotatable bonds is 4. The molecule has 0 unspecified atom stereocenters. The van der Waals surface area contributed by atoms with E-state index in [1.807, 2.05) is 0 Å².